The average Bonchev–Trinajstić information content (AvgIpc) is 2.91. The van der Waals surface area contributed by atoms with Gasteiger partial charge in [0.05, 0.1) is 11.7 Å². The Morgan fingerprint density at radius 2 is 1.95 bits per heavy atom. The van der Waals surface area contributed by atoms with Crippen LogP contribution in [0.15, 0.2) is 0 Å². The molecule has 2 aliphatic heterocycles. The van der Waals surface area contributed by atoms with Crippen molar-refractivity contribution in [2.24, 2.45) is 0 Å². The molecule has 3 fully saturated rings. The molecule has 0 aromatic carbocycles. The van der Waals surface area contributed by atoms with Crippen molar-refractivity contribution in [3.8, 4) is 0 Å². The molecule has 0 bridgehead atoms. The quantitative estimate of drug-likeness (QED) is 0.831. The normalized spacial score (nSPS) is 34.7. The van der Waals surface area contributed by atoms with Crippen molar-refractivity contribution in [2.75, 3.05) is 26.2 Å². The molecule has 1 atom stereocenters. The highest BCUT2D eigenvalue weighted by Gasteiger charge is 2.42. The molecule has 3 rings (SSSR count). The molecule has 2 heterocycles. The highest BCUT2D eigenvalue weighted by atomic mass is 16.5. The van der Waals surface area contributed by atoms with E-state index < -0.39 is 0 Å². The van der Waals surface area contributed by atoms with Crippen LogP contribution in [0.25, 0.3) is 0 Å². The second-order valence-corrected chi connectivity index (χ2v) is 7.57. The summed E-state index contributed by atoms with van der Waals surface area (Å²) in [5.74, 6) is 0. The van der Waals surface area contributed by atoms with Gasteiger partial charge in [0.15, 0.2) is 0 Å². The van der Waals surface area contributed by atoms with Gasteiger partial charge in [-0.25, -0.2) is 0 Å². The highest BCUT2D eigenvalue weighted by molar-refractivity contribution is 4.94. The molecule has 3 heteroatoms. The Kier molecular flexibility index (Phi) is 3.89. The van der Waals surface area contributed by atoms with Crippen LogP contribution in [-0.2, 0) is 4.74 Å². The first-order valence-electron chi connectivity index (χ1n) is 8.22. The maximum Gasteiger partial charge on any atom is 0.0710 e. The van der Waals surface area contributed by atoms with Crippen LogP contribution < -0.4 is 5.32 Å². The molecule has 3 aliphatic rings. The summed E-state index contributed by atoms with van der Waals surface area (Å²) in [5.41, 5.74) is 0.546. The lowest BCUT2D eigenvalue weighted by Crippen LogP contribution is -2.48. The van der Waals surface area contributed by atoms with Crippen molar-refractivity contribution in [1.82, 2.24) is 10.2 Å². The minimum absolute atomic E-state index is 0.250. The lowest BCUT2D eigenvalue weighted by molar-refractivity contribution is -0.0480. The lowest BCUT2D eigenvalue weighted by Gasteiger charge is -2.32. The first-order valence-corrected chi connectivity index (χ1v) is 8.22. The summed E-state index contributed by atoms with van der Waals surface area (Å²) in [7, 11) is 0. The van der Waals surface area contributed by atoms with E-state index in [9.17, 15) is 0 Å². The minimum atomic E-state index is 0.250. The fourth-order valence-corrected chi connectivity index (χ4v) is 4.28. The molecule has 1 saturated carbocycles. The monoisotopic (exact) mass is 266 g/mol. The molecular weight excluding hydrogens is 236 g/mol. The lowest BCUT2D eigenvalue weighted by atomic mass is 9.98. The number of nitrogens with zero attached hydrogens (tertiary/aromatic N) is 1. The molecule has 110 valence electrons. The number of hydrogen-bond acceptors (Lipinski definition) is 3. The Hall–Kier alpha value is -0.120. The predicted octanol–water partition coefficient (Wildman–Crippen LogP) is 2.55. The van der Waals surface area contributed by atoms with Gasteiger partial charge in [0.1, 0.15) is 0 Å². The van der Waals surface area contributed by atoms with E-state index in [2.05, 4.69) is 24.1 Å². The first kappa shape index (κ1) is 13.8. The van der Waals surface area contributed by atoms with Gasteiger partial charge in [0.25, 0.3) is 0 Å². The van der Waals surface area contributed by atoms with Crippen LogP contribution in [0, 0.1) is 0 Å². The van der Waals surface area contributed by atoms with Crippen LogP contribution >= 0.6 is 0 Å². The van der Waals surface area contributed by atoms with Crippen molar-refractivity contribution in [3.05, 3.63) is 0 Å². The second-order valence-electron chi connectivity index (χ2n) is 7.57. The summed E-state index contributed by atoms with van der Waals surface area (Å²) >= 11 is 0. The molecule has 1 aliphatic carbocycles. The number of nitrogens with one attached hydrogen (secondary N) is 1. The van der Waals surface area contributed by atoms with Gasteiger partial charge in [-0.3, -0.25) is 4.90 Å². The van der Waals surface area contributed by atoms with Gasteiger partial charge in [-0.15, -0.1) is 0 Å². The van der Waals surface area contributed by atoms with Crippen molar-refractivity contribution in [2.45, 2.75) is 76.0 Å². The van der Waals surface area contributed by atoms with Crippen LogP contribution in [0.5, 0.6) is 0 Å². The van der Waals surface area contributed by atoms with E-state index in [1.807, 2.05) is 0 Å². The third-order valence-electron chi connectivity index (χ3n) is 5.19. The molecule has 2 saturated heterocycles. The second kappa shape index (κ2) is 5.34. The Balaban J connectivity index is 1.53. The summed E-state index contributed by atoms with van der Waals surface area (Å²) in [6.45, 7) is 9.31. The molecule has 0 aromatic rings. The first-order chi connectivity index (χ1) is 9.07. The van der Waals surface area contributed by atoms with E-state index in [4.69, 9.17) is 4.74 Å². The zero-order valence-electron chi connectivity index (χ0n) is 12.7. The summed E-state index contributed by atoms with van der Waals surface area (Å²) < 4.78 is 6.46. The largest absolute Gasteiger partial charge is 0.370 e. The van der Waals surface area contributed by atoms with E-state index >= 15 is 0 Å². The standard InChI is InChI=1S/C16H30N2O/c1-15(2)13-18(11-5-10-17-15)12-14-6-9-16(19-14)7-3-4-8-16/h14,17H,3-13H2,1-2H3. The maximum atomic E-state index is 6.46. The van der Waals surface area contributed by atoms with E-state index in [0.29, 0.717) is 11.7 Å². The van der Waals surface area contributed by atoms with Gasteiger partial charge in [-0.05, 0) is 59.0 Å². The predicted molar refractivity (Wildman–Crippen MR) is 78.4 cm³/mol. The Labute approximate surface area is 118 Å². The van der Waals surface area contributed by atoms with E-state index in [0.717, 1.165) is 19.6 Å². The topological polar surface area (TPSA) is 24.5 Å². The molecule has 0 radical (unpaired) electrons. The average molecular weight is 266 g/mol. The molecule has 1 spiro atoms. The maximum absolute atomic E-state index is 6.46. The smallest absolute Gasteiger partial charge is 0.0710 e. The molecule has 1 unspecified atom stereocenters. The van der Waals surface area contributed by atoms with E-state index in [1.54, 1.807) is 0 Å². The fourth-order valence-electron chi connectivity index (χ4n) is 4.28. The van der Waals surface area contributed by atoms with Gasteiger partial charge in [0.2, 0.25) is 0 Å². The fraction of sp³-hybridized carbons (Fsp3) is 1.00. The van der Waals surface area contributed by atoms with Crippen molar-refractivity contribution in [1.29, 1.82) is 0 Å². The van der Waals surface area contributed by atoms with Crippen LogP contribution in [-0.4, -0.2) is 48.3 Å². The molecule has 19 heavy (non-hydrogen) atoms. The molecule has 0 aromatic heterocycles. The Bertz CT molecular complexity index is 310. The summed E-state index contributed by atoms with van der Waals surface area (Å²) in [6, 6.07) is 0. The zero-order chi connectivity index (χ0) is 13.3. The Morgan fingerprint density at radius 1 is 1.16 bits per heavy atom. The van der Waals surface area contributed by atoms with Crippen LogP contribution in [0.2, 0.25) is 0 Å². The van der Waals surface area contributed by atoms with Crippen LogP contribution in [0.3, 0.4) is 0 Å². The molecule has 0 amide bonds. The summed E-state index contributed by atoms with van der Waals surface area (Å²) in [4.78, 5) is 2.62. The summed E-state index contributed by atoms with van der Waals surface area (Å²) in [6.07, 6.45) is 9.75. The number of rotatable bonds is 2. The number of ether oxygens (including phenoxy) is 1. The van der Waals surface area contributed by atoms with Crippen molar-refractivity contribution < 1.29 is 4.74 Å². The zero-order valence-corrected chi connectivity index (χ0v) is 12.7. The van der Waals surface area contributed by atoms with Crippen molar-refractivity contribution in [3.63, 3.8) is 0 Å². The summed E-state index contributed by atoms with van der Waals surface area (Å²) in [5, 5.41) is 3.64. The number of hydrogen-bond donors (Lipinski definition) is 1. The van der Waals surface area contributed by atoms with Crippen molar-refractivity contribution >= 4 is 0 Å². The molecule has 1 N–H and O–H groups in total. The third-order valence-corrected chi connectivity index (χ3v) is 5.19. The van der Waals surface area contributed by atoms with Gasteiger partial charge in [-0.2, -0.15) is 0 Å². The SMILES string of the molecule is CC1(C)CN(CC2CCC3(CCCC3)O2)CCCN1. The van der Waals surface area contributed by atoms with Crippen LogP contribution in [0.4, 0.5) is 0 Å². The highest BCUT2D eigenvalue weighted by Crippen LogP contribution is 2.43. The third kappa shape index (κ3) is 3.32. The molecular formula is C16H30N2O. The Morgan fingerprint density at radius 3 is 2.74 bits per heavy atom. The molecule has 3 nitrogen and oxygen atoms in total. The van der Waals surface area contributed by atoms with Gasteiger partial charge in [0, 0.05) is 18.6 Å². The van der Waals surface area contributed by atoms with Gasteiger partial charge >= 0.3 is 0 Å². The van der Waals surface area contributed by atoms with E-state index in [1.165, 1.54) is 51.5 Å². The van der Waals surface area contributed by atoms with Gasteiger partial charge < -0.3 is 10.1 Å². The van der Waals surface area contributed by atoms with Gasteiger partial charge in [-0.1, -0.05) is 12.8 Å². The van der Waals surface area contributed by atoms with Crippen LogP contribution in [0.1, 0.15) is 58.8 Å². The minimum Gasteiger partial charge on any atom is -0.370 e. The van der Waals surface area contributed by atoms with E-state index in [-0.39, 0.29) is 5.54 Å².